The first-order valence-corrected chi connectivity index (χ1v) is 5.63. The molecule has 2 atom stereocenters. The molecule has 9 heteroatoms. The number of hydrogen-bond acceptors (Lipinski definition) is 1. The highest BCUT2D eigenvalue weighted by Gasteiger charge is 2.55. The average molecular weight is 319 g/mol. The van der Waals surface area contributed by atoms with Crippen molar-refractivity contribution >= 4 is 17.4 Å². The van der Waals surface area contributed by atoms with E-state index in [1.165, 1.54) is 24.3 Å². The van der Waals surface area contributed by atoms with Crippen molar-refractivity contribution in [3.63, 3.8) is 0 Å². The minimum absolute atomic E-state index is 0.0767. The fraction of sp³-hybridized carbons (Fsp3) is 0.364. The molecule has 0 saturated heterocycles. The van der Waals surface area contributed by atoms with Crippen LogP contribution in [0.15, 0.2) is 35.3 Å². The number of halogens is 7. The molecule has 0 radical (unpaired) electrons. The zero-order chi connectivity index (χ0) is 15.6. The fourth-order valence-electron chi connectivity index (χ4n) is 1.32. The first kappa shape index (κ1) is 16.6. The first-order valence-electron chi connectivity index (χ1n) is 5.19. The van der Waals surface area contributed by atoms with Gasteiger partial charge >= 0.3 is 12.4 Å². The third-order valence-corrected chi connectivity index (χ3v) is 2.76. The van der Waals surface area contributed by atoms with Gasteiger partial charge in [0, 0.05) is 5.56 Å². The van der Waals surface area contributed by atoms with Gasteiger partial charge in [-0.2, -0.15) is 26.3 Å². The lowest BCUT2D eigenvalue weighted by atomic mass is 10.1. The van der Waals surface area contributed by atoms with Gasteiger partial charge in [0.2, 0.25) is 0 Å². The summed E-state index contributed by atoms with van der Waals surface area (Å²) in [5.41, 5.74) is 5.37. The maximum Gasteiger partial charge on any atom is 0.412 e. The van der Waals surface area contributed by atoms with Crippen molar-refractivity contribution in [2.24, 2.45) is 10.7 Å². The van der Waals surface area contributed by atoms with Crippen molar-refractivity contribution in [2.75, 3.05) is 0 Å². The molecule has 2 nitrogen and oxygen atoms in total. The van der Waals surface area contributed by atoms with Crippen molar-refractivity contribution in [1.82, 2.24) is 0 Å². The Labute approximate surface area is 115 Å². The Morgan fingerprint density at radius 3 is 1.90 bits per heavy atom. The zero-order valence-electron chi connectivity index (χ0n) is 9.71. The fourth-order valence-corrected chi connectivity index (χ4v) is 1.52. The number of benzene rings is 1. The van der Waals surface area contributed by atoms with E-state index in [0.29, 0.717) is 0 Å². The maximum atomic E-state index is 12.6. The lowest BCUT2D eigenvalue weighted by Crippen LogP contribution is -2.44. The molecule has 0 heterocycles. The summed E-state index contributed by atoms with van der Waals surface area (Å²) >= 11 is 4.83. The van der Waals surface area contributed by atoms with E-state index in [0.717, 1.165) is 0 Å². The summed E-state index contributed by atoms with van der Waals surface area (Å²) in [5, 5.41) is -3.20. The van der Waals surface area contributed by atoms with E-state index in [1.807, 2.05) is 0 Å². The van der Waals surface area contributed by atoms with Crippen LogP contribution in [0.2, 0.25) is 0 Å². The molecule has 112 valence electrons. The SMILES string of the molecule is NC(=NC(C(Cl)C(F)(F)F)C(F)(F)F)c1ccccc1. The largest absolute Gasteiger partial charge is 0.412 e. The highest BCUT2D eigenvalue weighted by atomic mass is 35.5. The van der Waals surface area contributed by atoms with E-state index in [2.05, 4.69) is 4.99 Å². The topological polar surface area (TPSA) is 38.4 Å². The van der Waals surface area contributed by atoms with Gasteiger partial charge in [-0.15, -0.1) is 11.6 Å². The molecular formula is C11H9ClF6N2. The molecule has 20 heavy (non-hydrogen) atoms. The molecule has 0 aromatic heterocycles. The number of nitrogens with two attached hydrogens (primary N) is 1. The quantitative estimate of drug-likeness (QED) is 0.394. The van der Waals surface area contributed by atoms with Gasteiger partial charge in [0.25, 0.3) is 0 Å². The van der Waals surface area contributed by atoms with Crippen molar-refractivity contribution in [3.8, 4) is 0 Å². The molecular weight excluding hydrogens is 310 g/mol. The van der Waals surface area contributed by atoms with Crippen LogP contribution in [0.1, 0.15) is 5.56 Å². The number of alkyl halides is 7. The van der Waals surface area contributed by atoms with Crippen LogP contribution in [0.5, 0.6) is 0 Å². The van der Waals surface area contributed by atoms with Crippen molar-refractivity contribution in [1.29, 1.82) is 0 Å². The van der Waals surface area contributed by atoms with E-state index in [-0.39, 0.29) is 5.56 Å². The average Bonchev–Trinajstić information content (AvgIpc) is 2.33. The van der Waals surface area contributed by atoms with E-state index >= 15 is 0 Å². The second kappa shape index (κ2) is 5.90. The van der Waals surface area contributed by atoms with Crippen LogP contribution in [-0.2, 0) is 0 Å². The predicted molar refractivity (Wildman–Crippen MR) is 62.7 cm³/mol. The molecule has 0 aliphatic rings. The van der Waals surface area contributed by atoms with E-state index in [4.69, 9.17) is 17.3 Å². The molecule has 2 N–H and O–H groups in total. The maximum absolute atomic E-state index is 12.6. The monoisotopic (exact) mass is 318 g/mol. The summed E-state index contributed by atoms with van der Waals surface area (Å²) in [6, 6.07) is 3.97. The standard InChI is InChI=1S/C11H9ClF6N2/c12-7(10(13,14)15)8(11(16,17)18)20-9(19)6-4-2-1-3-5-6/h1-5,7-8H,(H2,19,20). The number of amidine groups is 1. The van der Waals surface area contributed by atoms with Crippen LogP contribution in [0, 0.1) is 0 Å². The van der Waals surface area contributed by atoms with Gasteiger partial charge in [-0.1, -0.05) is 30.3 Å². The summed E-state index contributed by atoms with van der Waals surface area (Å²) in [6.45, 7) is 0. The smallest absolute Gasteiger partial charge is 0.383 e. The molecule has 0 bridgehead atoms. The predicted octanol–water partition coefficient (Wildman–Crippen LogP) is 3.49. The van der Waals surface area contributed by atoms with Crippen LogP contribution < -0.4 is 5.73 Å². The van der Waals surface area contributed by atoms with Gasteiger partial charge in [-0.05, 0) is 0 Å². The summed E-state index contributed by atoms with van der Waals surface area (Å²) in [6.07, 6.45) is -10.5. The van der Waals surface area contributed by atoms with Crippen LogP contribution in [0.25, 0.3) is 0 Å². The van der Waals surface area contributed by atoms with Crippen molar-refractivity contribution < 1.29 is 26.3 Å². The van der Waals surface area contributed by atoms with Gasteiger partial charge in [0.15, 0.2) is 11.4 Å². The number of nitrogens with zero attached hydrogens (tertiary/aromatic N) is 1. The molecule has 1 aromatic carbocycles. The Bertz CT molecular complexity index is 468. The Morgan fingerprint density at radius 1 is 1.00 bits per heavy atom. The van der Waals surface area contributed by atoms with E-state index < -0.39 is 29.6 Å². The molecule has 0 fully saturated rings. The molecule has 0 aliphatic heterocycles. The lowest BCUT2D eigenvalue weighted by Gasteiger charge is -2.23. The number of hydrogen-bond donors (Lipinski definition) is 1. The summed E-state index contributed by atoms with van der Waals surface area (Å²) in [7, 11) is 0. The third-order valence-electron chi connectivity index (χ3n) is 2.27. The molecule has 0 amide bonds. The van der Waals surface area contributed by atoms with Crippen molar-refractivity contribution in [3.05, 3.63) is 35.9 Å². The van der Waals surface area contributed by atoms with Crippen LogP contribution in [0.4, 0.5) is 26.3 Å². The Kier molecular flexibility index (Phi) is 4.90. The minimum atomic E-state index is -5.26. The zero-order valence-corrected chi connectivity index (χ0v) is 10.5. The molecule has 1 aromatic rings. The molecule has 0 aliphatic carbocycles. The summed E-state index contributed by atoms with van der Waals surface area (Å²) in [5.74, 6) is -0.664. The number of aliphatic imine (C=N–C) groups is 1. The third kappa shape index (κ3) is 4.29. The van der Waals surface area contributed by atoms with Crippen molar-refractivity contribution in [2.45, 2.75) is 23.8 Å². The summed E-state index contributed by atoms with van der Waals surface area (Å²) < 4.78 is 74.9. The second-order valence-electron chi connectivity index (χ2n) is 3.81. The lowest BCUT2D eigenvalue weighted by molar-refractivity contribution is -0.190. The molecule has 0 saturated carbocycles. The molecule has 2 unspecified atom stereocenters. The van der Waals surface area contributed by atoms with Gasteiger partial charge in [0.05, 0.1) is 0 Å². The first-order chi connectivity index (χ1) is 9.03. The Balaban J connectivity index is 3.14. The highest BCUT2D eigenvalue weighted by Crippen LogP contribution is 2.36. The minimum Gasteiger partial charge on any atom is -0.383 e. The van der Waals surface area contributed by atoms with E-state index in [1.54, 1.807) is 6.07 Å². The number of rotatable bonds is 3. The van der Waals surface area contributed by atoms with Gasteiger partial charge in [0.1, 0.15) is 5.84 Å². The van der Waals surface area contributed by atoms with E-state index in [9.17, 15) is 26.3 Å². The molecule has 1 rings (SSSR count). The Hall–Kier alpha value is -1.44. The normalized spacial score (nSPS) is 16.9. The van der Waals surface area contributed by atoms with Crippen LogP contribution in [-0.4, -0.2) is 29.6 Å². The van der Waals surface area contributed by atoms with Crippen LogP contribution >= 0.6 is 11.6 Å². The van der Waals surface area contributed by atoms with Crippen LogP contribution in [0.3, 0.4) is 0 Å². The summed E-state index contributed by atoms with van der Waals surface area (Å²) in [4.78, 5) is 2.90. The highest BCUT2D eigenvalue weighted by molar-refractivity contribution is 6.21. The van der Waals surface area contributed by atoms with Gasteiger partial charge < -0.3 is 5.73 Å². The van der Waals surface area contributed by atoms with Gasteiger partial charge in [-0.25, -0.2) is 0 Å². The molecule has 0 spiro atoms. The van der Waals surface area contributed by atoms with Gasteiger partial charge in [-0.3, -0.25) is 4.99 Å². The Morgan fingerprint density at radius 2 is 1.50 bits per heavy atom. The second-order valence-corrected chi connectivity index (χ2v) is 4.28.